The van der Waals surface area contributed by atoms with Crippen LogP contribution in [0, 0.1) is 0 Å². The minimum absolute atomic E-state index is 0.0838. The minimum atomic E-state index is -4.48. The molecule has 30 heavy (non-hydrogen) atoms. The molecule has 1 N–H and O–H groups in total. The molecular weight excluding hydrogens is 403 g/mol. The molecule has 0 fully saturated rings. The fraction of sp³-hybridized carbons (Fsp3) is 0.263. The fourth-order valence-electron chi connectivity index (χ4n) is 2.84. The van der Waals surface area contributed by atoms with Gasteiger partial charge in [0.05, 0.1) is 18.8 Å². The normalized spacial score (nSPS) is 11.5. The van der Waals surface area contributed by atoms with Crippen LogP contribution in [0.2, 0.25) is 0 Å². The summed E-state index contributed by atoms with van der Waals surface area (Å²) < 4.78 is 40.6. The largest absolute Gasteiger partial charge is 0.465 e. The lowest BCUT2D eigenvalue weighted by atomic mass is 10.1. The Morgan fingerprint density at radius 2 is 2.03 bits per heavy atom. The molecule has 0 aliphatic heterocycles. The van der Waals surface area contributed by atoms with Crippen LogP contribution < -0.4 is 10.3 Å². The Balaban J connectivity index is 1.86. The van der Waals surface area contributed by atoms with E-state index in [1.54, 1.807) is 30.2 Å². The molecule has 1 aromatic carbocycles. The zero-order chi connectivity index (χ0) is 21.9. The van der Waals surface area contributed by atoms with Crippen molar-refractivity contribution in [3.8, 4) is 5.69 Å². The molecule has 0 bridgehead atoms. The predicted molar refractivity (Wildman–Crippen MR) is 102 cm³/mol. The number of carbonyl (C=O) groups is 1. The van der Waals surface area contributed by atoms with E-state index in [-0.39, 0.29) is 23.2 Å². The average molecular weight is 421 g/mol. The van der Waals surface area contributed by atoms with Gasteiger partial charge in [0.25, 0.3) is 0 Å². The Hall–Kier alpha value is -3.63. The number of halogens is 3. The molecule has 3 aromatic rings. The van der Waals surface area contributed by atoms with Crippen molar-refractivity contribution < 1.29 is 23.1 Å². The number of carboxylic acid groups (broad SMARTS) is 1. The summed E-state index contributed by atoms with van der Waals surface area (Å²) in [6.45, 7) is -0.723. The third kappa shape index (κ3) is 5.25. The molecule has 2 aromatic heterocycles. The molecule has 11 heteroatoms. The first-order valence-electron chi connectivity index (χ1n) is 8.86. The van der Waals surface area contributed by atoms with Gasteiger partial charge in [0.15, 0.2) is 0 Å². The second-order valence-corrected chi connectivity index (χ2v) is 6.59. The molecule has 3 rings (SSSR count). The number of rotatable bonds is 6. The molecule has 0 radical (unpaired) electrons. The van der Waals surface area contributed by atoms with Gasteiger partial charge >= 0.3 is 12.3 Å². The van der Waals surface area contributed by atoms with Gasteiger partial charge < -0.3 is 5.11 Å². The lowest BCUT2D eigenvalue weighted by Gasteiger charge is -2.20. The van der Waals surface area contributed by atoms with Crippen molar-refractivity contribution in [2.75, 3.05) is 11.4 Å². The first-order valence-corrected chi connectivity index (χ1v) is 8.86. The Labute approximate surface area is 168 Å². The highest BCUT2D eigenvalue weighted by atomic mass is 19.4. The van der Waals surface area contributed by atoms with E-state index >= 15 is 0 Å². The number of aryl methyl sites for hydroxylation is 1. The maximum absolute atomic E-state index is 12.5. The zero-order valence-electron chi connectivity index (χ0n) is 15.9. The quantitative estimate of drug-likeness (QED) is 0.661. The van der Waals surface area contributed by atoms with Gasteiger partial charge in [0.1, 0.15) is 11.4 Å². The fourth-order valence-corrected chi connectivity index (χ4v) is 2.84. The third-order valence-electron chi connectivity index (χ3n) is 4.28. The highest BCUT2D eigenvalue weighted by molar-refractivity contribution is 5.86. The number of alkyl halides is 3. The SMILES string of the molecule is Cn1cc(-n2ccc(=O)c(Cc3cccc(N(CCC(F)(F)F)C(=O)O)c3)n2)cn1. The number of benzene rings is 1. The molecule has 0 unspecified atom stereocenters. The molecule has 2 heterocycles. The second kappa shape index (κ2) is 8.39. The van der Waals surface area contributed by atoms with Crippen LogP contribution in [0.15, 0.2) is 53.7 Å². The van der Waals surface area contributed by atoms with Crippen LogP contribution in [-0.4, -0.2) is 43.5 Å². The van der Waals surface area contributed by atoms with Crippen LogP contribution in [0.1, 0.15) is 17.7 Å². The van der Waals surface area contributed by atoms with Crippen LogP contribution >= 0.6 is 0 Å². The average Bonchev–Trinajstić information content (AvgIpc) is 3.09. The molecule has 0 saturated heterocycles. The minimum Gasteiger partial charge on any atom is -0.465 e. The highest BCUT2D eigenvalue weighted by Gasteiger charge is 2.29. The monoisotopic (exact) mass is 421 g/mol. The van der Waals surface area contributed by atoms with E-state index in [2.05, 4.69) is 10.2 Å². The number of amides is 1. The van der Waals surface area contributed by atoms with Crippen molar-refractivity contribution in [2.24, 2.45) is 7.05 Å². The third-order valence-corrected chi connectivity index (χ3v) is 4.28. The summed E-state index contributed by atoms with van der Waals surface area (Å²) in [5, 5.41) is 17.6. The number of nitrogens with zero attached hydrogens (tertiary/aromatic N) is 5. The molecule has 158 valence electrons. The van der Waals surface area contributed by atoms with E-state index in [0.29, 0.717) is 16.2 Å². The summed E-state index contributed by atoms with van der Waals surface area (Å²) in [6.07, 6.45) is -2.35. The van der Waals surface area contributed by atoms with Crippen molar-refractivity contribution >= 4 is 11.8 Å². The van der Waals surface area contributed by atoms with E-state index in [1.165, 1.54) is 35.1 Å². The molecular formula is C19H18F3N5O3. The molecule has 0 aliphatic rings. The molecule has 0 aliphatic carbocycles. The lowest BCUT2D eigenvalue weighted by Crippen LogP contribution is -2.32. The van der Waals surface area contributed by atoms with Crippen molar-refractivity contribution in [1.29, 1.82) is 0 Å². The van der Waals surface area contributed by atoms with Gasteiger partial charge in [-0.2, -0.15) is 23.4 Å². The first-order chi connectivity index (χ1) is 14.1. The van der Waals surface area contributed by atoms with Gasteiger partial charge in [-0.05, 0) is 17.7 Å². The topological polar surface area (TPSA) is 93.2 Å². The second-order valence-electron chi connectivity index (χ2n) is 6.59. The standard InChI is InChI=1S/C19H18F3N5O3/c1-25-12-15(11-23-25)27-7-5-17(28)16(24-27)10-13-3-2-4-14(9-13)26(18(29)30)8-6-19(20,21)22/h2-5,7,9,11-12H,6,8,10H2,1H3,(H,29,30). The van der Waals surface area contributed by atoms with Gasteiger partial charge in [0.2, 0.25) is 5.43 Å². The Morgan fingerprint density at radius 3 is 2.67 bits per heavy atom. The van der Waals surface area contributed by atoms with E-state index < -0.39 is 25.2 Å². The van der Waals surface area contributed by atoms with E-state index in [0.717, 1.165) is 0 Å². The summed E-state index contributed by atoms with van der Waals surface area (Å²) in [6, 6.07) is 7.37. The van der Waals surface area contributed by atoms with Crippen LogP contribution in [0.4, 0.5) is 23.7 Å². The Morgan fingerprint density at radius 1 is 1.27 bits per heavy atom. The van der Waals surface area contributed by atoms with Gasteiger partial charge in [-0.25, -0.2) is 9.48 Å². The number of aromatic nitrogens is 4. The van der Waals surface area contributed by atoms with Crippen molar-refractivity contribution in [1.82, 2.24) is 19.6 Å². The van der Waals surface area contributed by atoms with Gasteiger partial charge in [-0.3, -0.25) is 14.4 Å². The van der Waals surface area contributed by atoms with E-state index in [4.69, 9.17) is 0 Å². The Kier molecular flexibility index (Phi) is 5.90. The van der Waals surface area contributed by atoms with Crippen molar-refractivity contribution in [3.63, 3.8) is 0 Å². The molecule has 0 spiro atoms. The zero-order valence-corrected chi connectivity index (χ0v) is 15.9. The van der Waals surface area contributed by atoms with Gasteiger partial charge in [-0.15, -0.1) is 0 Å². The summed E-state index contributed by atoms with van der Waals surface area (Å²) in [4.78, 5) is 24.3. The van der Waals surface area contributed by atoms with Crippen molar-refractivity contribution in [3.05, 3.63) is 70.4 Å². The van der Waals surface area contributed by atoms with Crippen LogP contribution in [0.25, 0.3) is 5.69 Å². The van der Waals surface area contributed by atoms with Gasteiger partial charge in [0, 0.05) is 38.0 Å². The Bertz CT molecular complexity index is 1110. The van der Waals surface area contributed by atoms with E-state index in [1.807, 2.05) is 0 Å². The summed E-state index contributed by atoms with van der Waals surface area (Å²) in [5.74, 6) is 0. The molecule has 0 saturated carbocycles. The lowest BCUT2D eigenvalue weighted by molar-refractivity contribution is -0.132. The van der Waals surface area contributed by atoms with Crippen LogP contribution in [-0.2, 0) is 13.5 Å². The summed E-state index contributed by atoms with van der Waals surface area (Å²) in [5.41, 5.74) is 1.17. The van der Waals surface area contributed by atoms with Crippen LogP contribution in [0.3, 0.4) is 0 Å². The molecule has 1 amide bonds. The maximum atomic E-state index is 12.5. The predicted octanol–water partition coefficient (Wildman–Crippen LogP) is 2.99. The summed E-state index contributed by atoms with van der Waals surface area (Å²) >= 11 is 0. The smallest absolute Gasteiger partial charge is 0.411 e. The first kappa shape index (κ1) is 21.1. The number of hydrogen-bond donors (Lipinski definition) is 1. The molecule has 8 nitrogen and oxygen atoms in total. The highest BCUT2D eigenvalue weighted by Crippen LogP contribution is 2.23. The van der Waals surface area contributed by atoms with Crippen molar-refractivity contribution in [2.45, 2.75) is 19.0 Å². The van der Waals surface area contributed by atoms with Crippen LogP contribution in [0.5, 0.6) is 0 Å². The van der Waals surface area contributed by atoms with E-state index in [9.17, 15) is 27.9 Å². The summed E-state index contributed by atoms with van der Waals surface area (Å²) in [7, 11) is 1.74. The van der Waals surface area contributed by atoms with Gasteiger partial charge in [-0.1, -0.05) is 12.1 Å². The molecule has 0 atom stereocenters. The number of anilines is 1. The maximum Gasteiger partial charge on any atom is 0.411 e. The number of hydrogen-bond acceptors (Lipinski definition) is 4.